The van der Waals surface area contributed by atoms with Gasteiger partial charge in [-0.3, -0.25) is 19.7 Å². The summed E-state index contributed by atoms with van der Waals surface area (Å²) in [7, 11) is 1.41. The molecule has 38 heavy (non-hydrogen) atoms. The lowest BCUT2D eigenvalue weighted by Crippen LogP contribution is -2.54. The molecule has 0 aromatic heterocycles. The van der Waals surface area contributed by atoms with Gasteiger partial charge >= 0.3 is 6.03 Å². The van der Waals surface area contributed by atoms with E-state index in [0.717, 1.165) is 11.6 Å². The Balaban J connectivity index is 1.55. The SMILES string of the molecule is COc1cc(/C=C2\C(=O)NC(=O)N(c3cccc(F)c3)C2=O)cc(I)c1OCC(=O)Nc1ccc(C)cc1. The number of nitrogens with one attached hydrogen (secondary N) is 2. The summed E-state index contributed by atoms with van der Waals surface area (Å²) in [5.74, 6) is -2.27. The molecule has 0 saturated carbocycles. The first kappa shape index (κ1) is 26.8. The standard InChI is InChI=1S/C27H21FIN3O6/c1-15-6-8-18(9-7-15)30-23(33)14-38-24-21(29)11-16(12-22(24)37-2)10-20-25(34)31-27(36)32(26(20)35)19-5-3-4-17(28)13-19/h3-13H,14H2,1-2H3,(H,30,33)(H,31,34,36)/b20-10+. The van der Waals surface area contributed by atoms with Crippen molar-refractivity contribution >= 4 is 63.8 Å². The van der Waals surface area contributed by atoms with Crippen molar-refractivity contribution in [1.82, 2.24) is 5.32 Å². The molecular weight excluding hydrogens is 608 g/mol. The summed E-state index contributed by atoms with van der Waals surface area (Å²) in [4.78, 5) is 50.9. The average molecular weight is 629 g/mol. The van der Waals surface area contributed by atoms with Crippen LogP contribution in [0.4, 0.5) is 20.6 Å². The number of amides is 5. The molecule has 0 unspecified atom stereocenters. The van der Waals surface area contributed by atoms with Crippen molar-refractivity contribution in [2.24, 2.45) is 0 Å². The Morgan fingerprint density at radius 2 is 1.84 bits per heavy atom. The number of benzene rings is 3. The number of hydrogen-bond donors (Lipinski definition) is 2. The number of urea groups is 1. The third-order valence-electron chi connectivity index (χ3n) is 5.41. The number of carbonyl (C=O) groups is 4. The molecule has 4 rings (SSSR count). The maximum Gasteiger partial charge on any atom is 0.335 e. The highest BCUT2D eigenvalue weighted by atomic mass is 127. The Labute approximate surface area is 230 Å². The summed E-state index contributed by atoms with van der Waals surface area (Å²) in [5, 5.41) is 4.83. The average Bonchev–Trinajstić information content (AvgIpc) is 2.87. The second-order valence-corrected chi connectivity index (χ2v) is 9.34. The Morgan fingerprint density at radius 1 is 1.11 bits per heavy atom. The monoisotopic (exact) mass is 629 g/mol. The number of anilines is 2. The zero-order chi connectivity index (χ0) is 27.4. The van der Waals surface area contributed by atoms with E-state index >= 15 is 0 Å². The molecule has 9 nitrogen and oxygen atoms in total. The van der Waals surface area contributed by atoms with Gasteiger partial charge in [0, 0.05) is 5.69 Å². The molecule has 2 N–H and O–H groups in total. The van der Waals surface area contributed by atoms with Crippen LogP contribution in [0.2, 0.25) is 0 Å². The first-order valence-electron chi connectivity index (χ1n) is 11.2. The number of ether oxygens (including phenoxy) is 2. The van der Waals surface area contributed by atoms with Crippen molar-refractivity contribution in [3.63, 3.8) is 0 Å². The van der Waals surface area contributed by atoms with Crippen LogP contribution in [0.5, 0.6) is 11.5 Å². The first-order valence-corrected chi connectivity index (χ1v) is 12.3. The van der Waals surface area contributed by atoms with Crippen LogP contribution in [-0.4, -0.2) is 37.5 Å². The molecule has 0 spiro atoms. The molecule has 3 aromatic rings. The fourth-order valence-electron chi connectivity index (χ4n) is 3.61. The van der Waals surface area contributed by atoms with Crippen molar-refractivity contribution in [2.45, 2.75) is 6.92 Å². The summed E-state index contributed by atoms with van der Waals surface area (Å²) in [5.41, 5.74) is 1.74. The Hall–Kier alpha value is -4.26. The van der Waals surface area contributed by atoms with Gasteiger partial charge in [-0.05, 0) is 83.6 Å². The molecule has 1 heterocycles. The highest BCUT2D eigenvalue weighted by molar-refractivity contribution is 14.1. The van der Waals surface area contributed by atoms with Gasteiger partial charge in [0.1, 0.15) is 11.4 Å². The maximum absolute atomic E-state index is 13.7. The zero-order valence-corrected chi connectivity index (χ0v) is 22.4. The second kappa shape index (κ2) is 11.4. The number of methoxy groups -OCH3 is 1. The molecule has 5 amide bonds. The number of hydrogen-bond acceptors (Lipinski definition) is 6. The van der Waals surface area contributed by atoms with E-state index in [1.165, 1.54) is 37.5 Å². The smallest absolute Gasteiger partial charge is 0.335 e. The normalized spacial score (nSPS) is 14.4. The van der Waals surface area contributed by atoms with E-state index < -0.39 is 23.7 Å². The number of barbiturate groups is 1. The molecule has 3 aromatic carbocycles. The summed E-state index contributed by atoms with van der Waals surface area (Å²) in [6, 6.07) is 14.4. The highest BCUT2D eigenvalue weighted by Gasteiger charge is 2.37. The van der Waals surface area contributed by atoms with Crippen molar-refractivity contribution in [3.8, 4) is 11.5 Å². The molecule has 11 heteroatoms. The van der Waals surface area contributed by atoms with Crippen LogP contribution < -0.4 is 25.0 Å². The molecule has 1 aliphatic heterocycles. The summed E-state index contributed by atoms with van der Waals surface area (Å²) < 4.78 is 25.4. The molecule has 194 valence electrons. The quantitative estimate of drug-likeness (QED) is 0.227. The fourth-order valence-corrected chi connectivity index (χ4v) is 4.39. The number of imide groups is 2. The molecule has 0 aliphatic carbocycles. The number of rotatable bonds is 7. The van der Waals surface area contributed by atoms with Gasteiger partial charge in [-0.15, -0.1) is 0 Å². The van der Waals surface area contributed by atoms with E-state index in [1.54, 1.807) is 18.2 Å². The van der Waals surface area contributed by atoms with Crippen LogP contribution in [0, 0.1) is 16.3 Å². The molecule has 1 aliphatic rings. The number of nitrogens with zero attached hydrogens (tertiary/aromatic N) is 1. The van der Waals surface area contributed by atoms with E-state index in [0.29, 0.717) is 25.5 Å². The van der Waals surface area contributed by atoms with Gasteiger partial charge in [-0.2, -0.15) is 0 Å². The minimum absolute atomic E-state index is 0.0225. The van der Waals surface area contributed by atoms with Crippen LogP contribution in [0.3, 0.4) is 0 Å². The predicted octanol–water partition coefficient (Wildman–Crippen LogP) is 4.43. The topological polar surface area (TPSA) is 114 Å². The van der Waals surface area contributed by atoms with Gasteiger partial charge in [0.15, 0.2) is 18.1 Å². The maximum atomic E-state index is 13.7. The lowest BCUT2D eigenvalue weighted by atomic mass is 10.1. The minimum atomic E-state index is -0.984. The molecule has 0 atom stereocenters. The van der Waals surface area contributed by atoms with E-state index in [4.69, 9.17) is 9.47 Å². The lowest BCUT2D eigenvalue weighted by molar-refractivity contribution is -0.122. The number of carbonyl (C=O) groups excluding carboxylic acids is 4. The molecule has 1 fully saturated rings. The Kier molecular flexibility index (Phi) is 8.05. The molecular formula is C27H21FIN3O6. The van der Waals surface area contributed by atoms with Gasteiger partial charge in [0.2, 0.25) is 0 Å². The summed E-state index contributed by atoms with van der Waals surface area (Å²) in [6.45, 7) is 1.66. The van der Waals surface area contributed by atoms with E-state index in [2.05, 4.69) is 10.6 Å². The van der Waals surface area contributed by atoms with Crippen LogP contribution in [0.1, 0.15) is 11.1 Å². The van der Waals surface area contributed by atoms with Gasteiger partial charge in [0.25, 0.3) is 17.7 Å². The largest absolute Gasteiger partial charge is 0.493 e. The van der Waals surface area contributed by atoms with Crippen LogP contribution >= 0.6 is 22.6 Å². The van der Waals surface area contributed by atoms with Crippen LogP contribution in [-0.2, 0) is 14.4 Å². The van der Waals surface area contributed by atoms with E-state index in [1.807, 2.05) is 41.6 Å². The first-order chi connectivity index (χ1) is 18.2. The van der Waals surface area contributed by atoms with Gasteiger partial charge < -0.3 is 14.8 Å². The van der Waals surface area contributed by atoms with Gasteiger partial charge in [0.05, 0.1) is 16.4 Å². The van der Waals surface area contributed by atoms with Crippen molar-refractivity contribution in [2.75, 3.05) is 23.9 Å². The zero-order valence-electron chi connectivity index (χ0n) is 20.2. The molecule has 1 saturated heterocycles. The second-order valence-electron chi connectivity index (χ2n) is 8.17. The highest BCUT2D eigenvalue weighted by Crippen LogP contribution is 2.35. The molecule has 0 bridgehead atoms. The summed E-state index contributed by atoms with van der Waals surface area (Å²) in [6.07, 6.45) is 1.29. The summed E-state index contributed by atoms with van der Waals surface area (Å²) >= 11 is 1.98. The van der Waals surface area contributed by atoms with Crippen molar-refractivity contribution < 1.29 is 33.0 Å². The molecule has 0 radical (unpaired) electrons. The third-order valence-corrected chi connectivity index (χ3v) is 6.22. The van der Waals surface area contributed by atoms with Gasteiger partial charge in [-0.1, -0.05) is 23.8 Å². The number of aryl methyl sites for hydroxylation is 1. The van der Waals surface area contributed by atoms with Gasteiger partial charge in [-0.25, -0.2) is 14.1 Å². The fraction of sp³-hybridized carbons (Fsp3) is 0.111. The van der Waals surface area contributed by atoms with Crippen LogP contribution in [0.15, 0.2) is 66.2 Å². The van der Waals surface area contributed by atoms with Crippen molar-refractivity contribution in [1.29, 1.82) is 0 Å². The third kappa shape index (κ3) is 5.99. The Bertz CT molecular complexity index is 1470. The van der Waals surface area contributed by atoms with E-state index in [-0.39, 0.29) is 29.5 Å². The minimum Gasteiger partial charge on any atom is -0.493 e. The van der Waals surface area contributed by atoms with Crippen molar-refractivity contribution in [3.05, 3.63) is 86.8 Å². The Morgan fingerprint density at radius 3 is 2.53 bits per heavy atom. The number of halogens is 2. The van der Waals surface area contributed by atoms with E-state index in [9.17, 15) is 23.6 Å². The lowest BCUT2D eigenvalue weighted by Gasteiger charge is -2.26. The predicted molar refractivity (Wildman–Crippen MR) is 146 cm³/mol. The van der Waals surface area contributed by atoms with Crippen LogP contribution in [0.25, 0.3) is 6.08 Å².